The Bertz CT molecular complexity index is 661. The number of rotatable bonds is 4. The van der Waals surface area contributed by atoms with Crippen LogP contribution in [0.15, 0.2) is 65.3 Å². The number of hydrogen-bond acceptors (Lipinski definition) is 2. The molecule has 2 aromatic carbocycles. The Morgan fingerprint density at radius 2 is 1.76 bits per heavy atom. The summed E-state index contributed by atoms with van der Waals surface area (Å²) in [5.41, 5.74) is 5.03. The van der Waals surface area contributed by atoms with Crippen molar-refractivity contribution in [3.63, 3.8) is 0 Å². The van der Waals surface area contributed by atoms with Crippen LogP contribution in [0.2, 0.25) is 5.02 Å². The van der Waals surface area contributed by atoms with Crippen LogP contribution in [-0.2, 0) is 0 Å². The van der Waals surface area contributed by atoms with E-state index < -0.39 is 0 Å². The third kappa shape index (κ3) is 4.89. The first-order chi connectivity index (χ1) is 10.1. The van der Waals surface area contributed by atoms with Crippen molar-refractivity contribution < 1.29 is 4.79 Å². The van der Waals surface area contributed by atoms with E-state index in [9.17, 15) is 4.79 Å². The molecular formula is C17H15ClN2O. The lowest BCUT2D eigenvalue weighted by Gasteiger charge is -2.00. The van der Waals surface area contributed by atoms with Gasteiger partial charge >= 0.3 is 0 Å². The highest BCUT2D eigenvalue weighted by Crippen LogP contribution is 2.09. The average molecular weight is 299 g/mol. The molecule has 0 atom stereocenters. The SMILES string of the molecule is CC(=C/c1ccccc1)/C=N/NC(=O)c1ccc(Cl)cc1. The molecule has 1 N–H and O–H groups in total. The van der Waals surface area contributed by atoms with Gasteiger partial charge in [0.05, 0.1) is 6.21 Å². The molecule has 1 amide bonds. The number of allylic oxidation sites excluding steroid dienone is 1. The number of benzene rings is 2. The average Bonchev–Trinajstić information content (AvgIpc) is 2.49. The number of hydrazone groups is 1. The van der Waals surface area contributed by atoms with E-state index >= 15 is 0 Å². The van der Waals surface area contributed by atoms with Crippen molar-refractivity contribution >= 4 is 29.8 Å². The molecule has 0 heterocycles. The summed E-state index contributed by atoms with van der Waals surface area (Å²) in [5.74, 6) is -0.268. The van der Waals surface area contributed by atoms with Gasteiger partial charge in [-0.1, -0.05) is 48.0 Å². The van der Waals surface area contributed by atoms with Crippen LogP contribution in [0, 0.1) is 0 Å². The summed E-state index contributed by atoms with van der Waals surface area (Å²) in [6.45, 7) is 1.92. The molecule has 2 rings (SSSR count). The molecule has 0 unspecified atom stereocenters. The Morgan fingerprint density at radius 3 is 2.43 bits per heavy atom. The lowest BCUT2D eigenvalue weighted by atomic mass is 10.1. The summed E-state index contributed by atoms with van der Waals surface area (Å²) in [4.78, 5) is 11.8. The number of carbonyl (C=O) groups is 1. The van der Waals surface area contributed by atoms with Gasteiger partial charge in [-0.2, -0.15) is 5.10 Å². The lowest BCUT2D eigenvalue weighted by molar-refractivity contribution is 0.0955. The molecule has 21 heavy (non-hydrogen) atoms. The van der Waals surface area contributed by atoms with Crippen LogP contribution in [0.25, 0.3) is 6.08 Å². The molecule has 0 aliphatic heterocycles. The molecule has 0 aliphatic rings. The topological polar surface area (TPSA) is 41.5 Å². The number of halogens is 1. The first-order valence-electron chi connectivity index (χ1n) is 6.47. The molecule has 0 aromatic heterocycles. The maximum atomic E-state index is 11.8. The molecule has 106 valence electrons. The fourth-order valence-electron chi connectivity index (χ4n) is 1.71. The van der Waals surface area contributed by atoms with E-state index in [1.54, 1.807) is 30.5 Å². The quantitative estimate of drug-likeness (QED) is 0.668. The Hall–Kier alpha value is -2.39. The standard InChI is InChI=1S/C17H15ClN2O/c1-13(11-14-5-3-2-4-6-14)12-19-20-17(21)15-7-9-16(18)10-8-15/h2-12H,1H3,(H,20,21)/b13-11-,19-12+. The van der Waals surface area contributed by atoms with Crippen molar-refractivity contribution in [3.8, 4) is 0 Å². The van der Waals surface area contributed by atoms with Gasteiger partial charge in [-0.25, -0.2) is 5.43 Å². The molecule has 0 saturated heterocycles. The van der Waals surface area contributed by atoms with Crippen LogP contribution < -0.4 is 5.43 Å². The minimum absolute atomic E-state index is 0.268. The summed E-state index contributed by atoms with van der Waals surface area (Å²) in [7, 11) is 0. The molecule has 2 aromatic rings. The normalized spacial score (nSPS) is 11.6. The summed E-state index contributed by atoms with van der Waals surface area (Å²) >= 11 is 5.77. The van der Waals surface area contributed by atoms with E-state index in [4.69, 9.17) is 11.6 Å². The fourth-order valence-corrected chi connectivity index (χ4v) is 1.83. The molecule has 0 fully saturated rings. The highest BCUT2D eigenvalue weighted by Gasteiger charge is 2.02. The predicted octanol–water partition coefficient (Wildman–Crippen LogP) is 4.16. The second kappa shape index (κ2) is 7.41. The van der Waals surface area contributed by atoms with Gasteiger partial charge in [-0.15, -0.1) is 0 Å². The van der Waals surface area contributed by atoms with Gasteiger partial charge in [0.1, 0.15) is 0 Å². The maximum Gasteiger partial charge on any atom is 0.271 e. The first-order valence-corrected chi connectivity index (χ1v) is 6.85. The van der Waals surface area contributed by atoms with Gasteiger partial charge < -0.3 is 0 Å². The van der Waals surface area contributed by atoms with Crippen molar-refractivity contribution in [1.29, 1.82) is 0 Å². The smallest absolute Gasteiger partial charge is 0.267 e. The molecular weight excluding hydrogens is 284 g/mol. The van der Waals surface area contributed by atoms with Crippen LogP contribution in [0.1, 0.15) is 22.8 Å². The summed E-state index contributed by atoms with van der Waals surface area (Å²) in [6, 6.07) is 16.6. The zero-order valence-corrected chi connectivity index (χ0v) is 12.3. The van der Waals surface area contributed by atoms with Crippen molar-refractivity contribution in [2.75, 3.05) is 0 Å². The Labute approximate surface area is 129 Å². The van der Waals surface area contributed by atoms with Crippen molar-refractivity contribution in [3.05, 3.63) is 76.3 Å². The van der Waals surface area contributed by atoms with Gasteiger partial charge in [-0.3, -0.25) is 4.79 Å². The molecule has 0 bridgehead atoms. The van der Waals surface area contributed by atoms with Crippen molar-refractivity contribution in [2.24, 2.45) is 5.10 Å². The van der Waals surface area contributed by atoms with E-state index in [-0.39, 0.29) is 5.91 Å². The van der Waals surface area contributed by atoms with Crippen LogP contribution in [0.3, 0.4) is 0 Å². The van der Waals surface area contributed by atoms with Gasteiger partial charge in [0, 0.05) is 10.6 Å². The summed E-state index contributed by atoms with van der Waals surface area (Å²) in [5, 5.41) is 4.53. The van der Waals surface area contributed by atoms with Crippen LogP contribution in [-0.4, -0.2) is 12.1 Å². The number of carbonyl (C=O) groups excluding carboxylic acids is 1. The minimum atomic E-state index is -0.268. The van der Waals surface area contributed by atoms with Crippen molar-refractivity contribution in [1.82, 2.24) is 5.43 Å². The number of nitrogens with one attached hydrogen (secondary N) is 1. The third-order valence-corrected chi connectivity index (χ3v) is 2.99. The van der Waals surface area contributed by atoms with Crippen LogP contribution in [0.5, 0.6) is 0 Å². The highest BCUT2D eigenvalue weighted by atomic mass is 35.5. The van der Waals surface area contributed by atoms with Gasteiger partial charge in [0.2, 0.25) is 0 Å². The number of nitrogens with zero attached hydrogens (tertiary/aromatic N) is 1. The summed E-state index contributed by atoms with van der Waals surface area (Å²) in [6.07, 6.45) is 3.60. The fraction of sp³-hybridized carbons (Fsp3) is 0.0588. The van der Waals surface area contributed by atoms with Gasteiger partial charge in [0.25, 0.3) is 5.91 Å². The molecule has 0 saturated carbocycles. The molecule has 0 spiro atoms. The van der Waals surface area contributed by atoms with Crippen LogP contribution >= 0.6 is 11.6 Å². The number of hydrogen-bond donors (Lipinski definition) is 1. The van der Waals surface area contributed by atoms with E-state index in [2.05, 4.69) is 10.5 Å². The Kier molecular flexibility index (Phi) is 5.29. The Balaban J connectivity index is 1.94. The van der Waals surface area contributed by atoms with E-state index in [1.807, 2.05) is 43.3 Å². The van der Waals surface area contributed by atoms with E-state index in [0.29, 0.717) is 10.6 Å². The summed E-state index contributed by atoms with van der Waals surface area (Å²) < 4.78 is 0. The molecule has 3 nitrogen and oxygen atoms in total. The second-order valence-corrected chi connectivity index (χ2v) is 4.94. The molecule has 0 radical (unpaired) electrons. The Morgan fingerprint density at radius 1 is 1.10 bits per heavy atom. The van der Waals surface area contributed by atoms with Crippen LogP contribution in [0.4, 0.5) is 0 Å². The largest absolute Gasteiger partial charge is 0.271 e. The van der Waals surface area contributed by atoms with Gasteiger partial charge in [0.15, 0.2) is 0 Å². The van der Waals surface area contributed by atoms with Gasteiger partial charge in [-0.05, 0) is 42.3 Å². The maximum absolute atomic E-state index is 11.8. The second-order valence-electron chi connectivity index (χ2n) is 4.51. The highest BCUT2D eigenvalue weighted by molar-refractivity contribution is 6.30. The number of amides is 1. The zero-order valence-electron chi connectivity index (χ0n) is 11.6. The zero-order chi connectivity index (χ0) is 15.1. The van der Waals surface area contributed by atoms with E-state index in [1.165, 1.54) is 0 Å². The lowest BCUT2D eigenvalue weighted by Crippen LogP contribution is -2.17. The van der Waals surface area contributed by atoms with Crippen molar-refractivity contribution in [2.45, 2.75) is 6.92 Å². The van der Waals surface area contributed by atoms with E-state index in [0.717, 1.165) is 11.1 Å². The minimum Gasteiger partial charge on any atom is -0.267 e. The third-order valence-electron chi connectivity index (χ3n) is 2.73. The first kappa shape index (κ1) is 15.0. The monoisotopic (exact) mass is 298 g/mol. The molecule has 0 aliphatic carbocycles. The molecule has 4 heteroatoms. The predicted molar refractivity (Wildman–Crippen MR) is 87.5 cm³/mol.